The number of piperazine rings is 1. The summed E-state index contributed by atoms with van der Waals surface area (Å²) in [7, 11) is -1.69. The minimum absolute atomic E-state index is 0.0970. The quantitative estimate of drug-likeness (QED) is 0.700. The van der Waals surface area contributed by atoms with E-state index in [1.54, 1.807) is 0 Å². The second kappa shape index (κ2) is 9.51. The Morgan fingerprint density at radius 3 is 2.50 bits per heavy atom. The molecule has 28 heavy (non-hydrogen) atoms. The van der Waals surface area contributed by atoms with Gasteiger partial charge in [-0.25, -0.2) is 8.42 Å². The average Bonchev–Trinajstić information content (AvgIpc) is 2.69. The lowest BCUT2D eigenvalue weighted by Gasteiger charge is -2.31. The van der Waals surface area contributed by atoms with Gasteiger partial charge in [-0.15, -0.1) is 0 Å². The summed E-state index contributed by atoms with van der Waals surface area (Å²) >= 11 is 6.17. The number of sulfonamides is 1. The van der Waals surface area contributed by atoms with Crippen molar-refractivity contribution in [3.8, 4) is 0 Å². The first-order valence-corrected chi connectivity index (χ1v) is 11.3. The van der Waals surface area contributed by atoms with Crippen molar-refractivity contribution >= 4 is 27.5 Å². The van der Waals surface area contributed by atoms with Crippen LogP contribution in [0.2, 0.25) is 5.02 Å². The molecule has 0 aromatic heterocycles. The van der Waals surface area contributed by atoms with Gasteiger partial charge in [0.1, 0.15) is 0 Å². The Balaban J connectivity index is 1.65. The van der Waals surface area contributed by atoms with E-state index in [0.29, 0.717) is 52.5 Å². The van der Waals surface area contributed by atoms with Gasteiger partial charge in [0.2, 0.25) is 10.0 Å². The highest BCUT2D eigenvalue weighted by atomic mass is 35.5. The molecule has 0 radical (unpaired) electrons. The van der Waals surface area contributed by atoms with E-state index >= 15 is 0 Å². The number of nitrogens with zero attached hydrogens (tertiary/aromatic N) is 3. The van der Waals surface area contributed by atoms with Gasteiger partial charge in [-0.2, -0.15) is 4.31 Å². The Bertz CT molecular complexity index is 791. The van der Waals surface area contributed by atoms with Gasteiger partial charge < -0.3 is 15.0 Å². The standard InChI is InChI=1S/C18H27ClN4O4S/c1-21-6-8-23(9-7-21)28(25,26)15-2-3-17(19)16(14-15)18(24)20-4-5-22-10-12-27-13-11-22/h2-3,14H,4-13H2,1H3,(H,20,24). The minimum atomic E-state index is -3.65. The number of amides is 1. The van der Waals surface area contributed by atoms with Crippen molar-refractivity contribution in [2.45, 2.75) is 4.90 Å². The molecule has 2 aliphatic rings. The fraction of sp³-hybridized carbons (Fsp3) is 0.611. The number of benzene rings is 1. The Hall–Kier alpha value is -1.23. The maximum absolute atomic E-state index is 12.9. The van der Waals surface area contributed by atoms with E-state index in [-0.39, 0.29) is 21.4 Å². The molecule has 156 valence electrons. The number of halogens is 1. The largest absolute Gasteiger partial charge is 0.379 e. The average molecular weight is 431 g/mol. The molecule has 1 aromatic rings. The number of hydrogen-bond donors (Lipinski definition) is 1. The molecule has 0 saturated carbocycles. The summed E-state index contributed by atoms with van der Waals surface area (Å²) in [6, 6.07) is 4.31. The van der Waals surface area contributed by atoms with Crippen LogP contribution in [0.5, 0.6) is 0 Å². The summed E-state index contributed by atoms with van der Waals surface area (Å²) in [4.78, 5) is 16.9. The third-order valence-electron chi connectivity index (χ3n) is 5.10. The topological polar surface area (TPSA) is 82.2 Å². The van der Waals surface area contributed by atoms with E-state index in [2.05, 4.69) is 15.1 Å². The monoisotopic (exact) mass is 430 g/mol. The second-order valence-corrected chi connectivity index (χ2v) is 9.40. The molecule has 2 fully saturated rings. The molecule has 8 nitrogen and oxygen atoms in total. The molecule has 2 heterocycles. The number of ether oxygens (including phenoxy) is 1. The van der Waals surface area contributed by atoms with Crippen LogP contribution >= 0.6 is 11.6 Å². The minimum Gasteiger partial charge on any atom is -0.379 e. The molecule has 2 saturated heterocycles. The highest BCUT2D eigenvalue weighted by Crippen LogP contribution is 2.23. The maximum atomic E-state index is 12.9. The van der Waals surface area contributed by atoms with Crippen molar-refractivity contribution in [2.24, 2.45) is 0 Å². The van der Waals surface area contributed by atoms with E-state index in [9.17, 15) is 13.2 Å². The lowest BCUT2D eigenvalue weighted by Crippen LogP contribution is -2.47. The lowest BCUT2D eigenvalue weighted by molar-refractivity contribution is 0.0383. The number of likely N-dealkylation sites (N-methyl/N-ethyl adjacent to an activating group) is 1. The summed E-state index contributed by atoms with van der Waals surface area (Å²) in [5.41, 5.74) is 0.179. The van der Waals surface area contributed by atoms with E-state index in [1.807, 2.05) is 7.05 Å². The number of rotatable bonds is 6. The summed E-state index contributed by atoms with van der Waals surface area (Å²) in [5, 5.41) is 3.07. The second-order valence-electron chi connectivity index (χ2n) is 7.06. The van der Waals surface area contributed by atoms with Gasteiger partial charge in [-0.05, 0) is 25.2 Å². The van der Waals surface area contributed by atoms with Crippen LogP contribution in [-0.4, -0.2) is 101 Å². The van der Waals surface area contributed by atoms with Gasteiger partial charge in [-0.1, -0.05) is 11.6 Å². The van der Waals surface area contributed by atoms with Gasteiger partial charge in [0.15, 0.2) is 0 Å². The SMILES string of the molecule is CN1CCN(S(=O)(=O)c2ccc(Cl)c(C(=O)NCCN3CCOCC3)c2)CC1. The van der Waals surface area contributed by atoms with Crippen LogP contribution in [-0.2, 0) is 14.8 Å². The zero-order valence-electron chi connectivity index (χ0n) is 16.1. The van der Waals surface area contributed by atoms with Gasteiger partial charge in [0, 0.05) is 52.4 Å². The number of carbonyl (C=O) groups is 1. The van der Waals surface area contributed by atoms with Gasteiger partial charge >= 0.3 is 0 Å². The molecule has 1 N–H and O–H groups in total. The molecule has 0 unspecified atom stereocenters. The van der Waals surface area contributed by atoms with Gasteiger partial charge in [0.25, 0.3) is 5.91 Å². The van der Waals surface area contributed by atoms with Crippen LogP contribution in [0.15, 0.2) is 23.1 Å². The Labute approximate surface area is 171 Å². The zero-order valence-corrected chi connectivity index (χ0v) is 17.6. The zero-order chi connectivity index (χ0) is 20.1. The summed E-state index contributed by atoms with van der Waals surface area (Å²) in [6.45, 7) is 6.49. The number of carbonyl (C=O) groups excluding carboxylic acids is 1. The first-order chi connectivity index (χ1) is 13.4. The van der Waals surface area contributed by atoms with E-state index in [0.717, 1.165) is 13.1 Å². The molecule has 0 aliphatic carbocycles. The molecule has 3 rings (SSSR count). The van der Waals surface area contributed by atoms with E-state index < -0.39 is 10.0 Å². The van der Waals surface area contributed by atoms with Crippen LogP contribution in [0.3, 0.4) is 0 Å². The molecule has 0 bridgehead atoms. The Morgan fingerprint density at radius 1 is 1.14 bits per heavy atom. The summed E-state index contributed by atoms with van der Waals surface area (Å²) < 4.78 is 32.6. The smallest absolute Gasteiger partial charge is 0.252 e. The molecule has 10 heteroatoms. The number of nitrogens with one attached hydrogen (secondary N) is 1. The summed E-state index contributed by atoms with van der Waals surface area (Å²) in [5.74, 6) is -0.367. The first kappa shape index (κ1) is 21.5. The number of morpholine rings is 1. The van der Waals surface area contributed by atoms with Crippen molar-refractivity contribution in [1.82, 2.24) is 19.4 Å². The fourth-order valence-electron chi connectivity index (χ4n) is 3.26. The third-order valence-corrected chi connectivity index (χ3v) is 7.32. The normalized spacial score (nSPS) is 20.2. The molecule has 0 spiro atoms. The highest BCUT2D eigenvalue weighted by molar-refractivity contribution is 7.89. The Kier molecular flexibility index (Phi) is 7.30. The molecular weight excluding hydrogens is 404 g/mol. The van der Waals surface area contributed by atoms with Crippen LogP contribution in [0.1, 0.15) is 10.4 Å². The molecule has 1 amide bonds. The molecular formula is C18H27ClN4O4S. The first-order valence-electron chi connectivity index (χ1n) is 9.44. The van der Waals surface area contributed by atoms with Gasteiger partial charge in [-0.3, -0.25) is 9.69 Å². The van der Waals surface area contributed by atoms with Crippen molar-refractivity contribution in [2.75, 3.05) is 72.6 Å². The predicted molar refractivity (Wildman–Crippen MR) is 107 cm³/mol. The van der Waals surface area contributed by atoms with Crippen LogP contribution in [0.25, 0.3) is 0 Å². The molecule has 1 aromatic carbocycles. The van der Waals surface area contributed by atoms with E-state index in [4.69, 9.17) is 16.3 Å². The Morgan fingerprint density at radius 2 is 1.82 bits per heavy atom. The van der Waals surface area contributed by atoms with Gasteiger partial charge in [0.05, 0.1) is 28.7 Å². The fourth-order valence-corrected chi connectivity index (χ4v) is 4.92. The van der Waals surface area contributed by atoms with Crippen molar-refractivity contribution < 1.29 is 17.9 Å². The van der Waals surface area contributed by atoms with Crippen LogP contribution < -0.4 is 5.32 Å². The maximum Gasteiger partial charge on any atom is 0.252 e. The lowest BCUT2D eigenvalue weighted by atomic mass is 10.2. The van der Waals surface area contributed by atoms with Crippen molar-refractivity contribution in [3.05, 3.63) is 28.8 Å². The van der Waals surface area contributed by atoms with Crippen molar-refractivity contribution in [1.29, 1.82) is 0 Å². The summed E-state index contributed by atoms with van der Waals surface area (Å²) in [6.07, 6.45) is 0. The predicted octanol–water partition coefficient (Wildman–Crippen LogP) is 0.338. The molecule has 2 aliphatic heterocycles. The van der Waals surface area contributed by atoms with E-state index in [1.165, 1.54) is 22.5 Å². The van der Waals surface area contributed by atoms with Crippen molar-refractivity contribution in [3.63, 3.8) is 0 Å². The molecule has 0 atom stereocenters. The number of hydrogen-bond acceptors (Lipinski definition) is 6. The third kappa shape index (κ3) is 5.22. The van der Waals surface area contributed by atoms with Crippen LogP contribution in [0.4, 0.5) is 0 Å². The highest BCUT2D eigenvalue weighted by Gasteiger charge is 2.28. The van der Waals surface area contributed by atoms with Crippen LogP contribution in [0, 0.1) is 0 Å².